The van der Waals surface area contributed by atoms with Gasteiger partial charge in [-0.05, 0) is 6.42 Å². The van der Waals surface area contributed by atoms with E-state index >= 15 is 0 Å². The molecule has 0 amide bonds. The van der Waals surface area contributed by atoms with Crippen LogP contribution in [0.2, 0.25) is 0 Å². The van der Waals surface area contributed by atoms with E-state index in [0.29, 0.717) is 26.2 Å². The lowest BCUT2D eigenvalue weighted by Crippen LogP contribution is -2.16. The van der Waals surface area contributed by atoms with E-state index in [0.717, 1.165) is 17.1 Å². The van der Waals surface area contributed by atoms with Gasteiger partial charge >= 0.3 is 0 Å². The van der Waals surface area contributed by atoms with E-state index in [1.165, 1.54) is 17.6 Å². The summed E-state index contributed by atoms with van der Waals surface area (Å²) in [6.45, 7) is 1.75. The number of nitrogens with two attached hydrogens (primary N) is 1. The predicted octanol–water partition coefficient (Wildman–Crippen LogP) is 0.783. The highest BCUT2D eigenvalue weighted by atomic mass is 32.2. The first-order chi connectivity index (χ1) is 9.42. The van der Waals surface area contributed by atoms with Crippen LogP contribution in [0.4, 0.5) is 0 Å². The van der Waals surface area contributed by atoms with Gasteiger partial charge in [0, 0.05) is 31.2 Å². The second-order valence-electron chi connectivity index (χ2n) is 4.55. The van der Waals surface area contributed by atoms with Crippen LogP contribution in [0.25, 0.3) is 0 Å². The molecule has 1 rings (SSSR count). The molecule has 6 nitrogen and oxygen atoms in total. The van der Waals surface area contributed by atoms with Crippen LogP contribution in [-0.4, -0.2) is 52.3 Å². The third-order valence-electron chi connectivity index (χ3n) is 2.64. The Hall–Kier alpha value is -0.540. The second kappa shape index (κ2) is 8.68. The van der Waals surface area contributed by atoms with Crippen LogP contribution in [0.1, 0.15) is 23.2 Å². The van der Waals surface area contributed by atoms with Gasteiger partial charge in [-0.25, -0.2) is 13.4 Å². The number of hydrogen-bond acceptors (Lipinski definition) is 7. The molecule has 0 saturated heterocycles. The Balaban J connectivity index is 2.34. The molecule has 0 aromatic carbocycles. The maximum absolute atomic E-state index is 11.1. The Morgan fingerprint density at radius 3 is 2.80 bits per heavy atom. The van der Waals surface area contributed by atoms with Gasteiger partial charge in [-0.2, -0.15) is 0 Å². The maximum Gasteiger partial charge on any atom is 0.147 e. The van der Waals surface area contributed by atoms with Gasteiger partial charge in [-0.15, -0.1) is 11.3 Å². The molecule has 8 heteroatoms. The van der Waals surface area contributed by atoms with Crippen molar-refractivity contribution in [3.63, 3.8) is 0 Å². The number of methoxy groups -OCH3 is 1. The van der Waals surface area contributed by atoms with Crippen molar-refractivity contribution in [2.45, 2.75) is 18.9 Å². The summed E-state index contributed by atoms with van der Waals surface area (Å²) in [6.07, 6.45) is 2.34. The van der Waals surface area contributed by atoms with Gasteiger partial charge in [0.15, 0.2) is 0 Å². The van der Waals surface area contributed by atoms with Crippen molar-refractivity contribution in [1.29, 1.82) is 0 Å². The highest BCUT2D eigenvalue weighted by molar-refractivity contribution is 7.90. The summed E-state index contributed by atoms with van der Waals surface area (Å²) in [5.74, 6) is 0.0845. The first-order valence-corrected chi connectivity index (χ1v) is 9.30. The molecule has 1 atom stereocenters. The fourth-order valence-electron chi connectivity index (χ4n) is 1.50. The summed E-state index contributed by atoms with van der Waals surface area (Å²) in [7, 11) is -1.35. The van der Waals surface area contributed by atoms with E-state index in [1.54, 1.807) is 7.11 Å². The minimum absolute atomic E-state index is 0.0845. The minimum Gasteiger partial charge on any atom is -0.382 e. The average molecular weight is 322 g/mol. The maximum atomic E-state index is 11.1. The lowest BCUT2D eigenvalue weighted by molar-refractivity contribution is 0.0722. The SMILES string of the molecule is COCCOCCc1nc(C(N)CCS(C)(=O)=O)cs1. The van der Waals surface area contributed by atoms with Crippen LogP contribution < -0.4 is 5.73 Å². The molecular weight excluding hydrogens is 300 g/mol. The predicted molar refractivity (Wildman–Crippen MR) is 79.8 cm³/mol. The molecule has 2 N–H and O–H groups in total. The Bertz CT molecular complexity index is 487. The zero-order valence-electron chi connectivity index (χ0n) is 11.9. The molecule has 0 aliphatic carbocycles. The minimum atomic E-state index is -2.98. The molecule has 0 spiro atoms. The van der Waals surface area contributed by atoms with Crippen molar-refractivity contribution < 1.29 is 17.9 Å². The first-order valence-electron chi connectivity index (χ1n) is 6.36. The Kier molecular flexibility index (Phi) is 7.60. The molecule has 0 aliphatic heterocycles. The number of sulfone groups is 1. The molecule has 0 bridgehead atoms. The van der Waals surface area contributed by atoms with Crippen molar-refractivity contribution in [1.82, 2.24) is 4.98 Å². The molecular formula is C12H22N2O4S2. The normalized spacial score (nSPS) is 13.6. The molecule has 20 heavy (non-hydrogen) atoms. The number of rotatable bonds is 10. The van der Waals surface area contributed by atoms with Gasteiger partial charge in [0.25, 0.3) is 0 Å². The Morgan fingerprint density at radius 1 is 1.40 bits per heavy atom. The fraction of sp³-hybridized carbons (Fsp3) is 0.750. The van der Waals surface area contributed by atoms with Crippen molar-refractivity contribution in [3.8, 4) is 0 Å². The topological polar surface area (TPSA) is 91.5 Å². The van der Waals surface area contributed by atoms with Gasteiger partial charge in [0.1, 0.15) is 9.84 Å². The van der Waals surface area contributed by atoms with Gasteiger partial charge < -0.3 is 15.2 Å². The van der Waals surface area contributed by atoms with Crippen LogP contribution in [0.15, 0.2) is 5.38 Å². The van der Waals surface area contributed by atoms with E-state index in [4.69, 9.17) is 15.2 Å². The van der Waals surface area contributed by atoms with Crippen LogP contribution in [0.3, 0.4) is 0 Å². The molecule has 0 radical (unpaired) electrons. The molecule has 0 aliphatic rings. The summed E-state index contributed by atoms with van der Waals surface area (Å²) in [4.78, 5) is 4.42. The lowest BCUT2D eigenvalue weighted by Gasteiger charge is -2.07. The Morgan fingerprint density at radius 2 is 2.15 bits per heavy atom. The zero-order valence-corrected chi connectivity index (χ0v) is 13.5. The highest BCUT2D eigenvalue weighted by Gasteiger charge is 2.13. The number of nitrogens with zero attached hydrogens (tertiary/aromatic N) is 1. The molecule has 1 aromatic heterocycles. The molecule has 1 aromatic rings. The summed E-state index contributed by atoms with van der Waals surface area (Å²) in [5, 5.41) is 2.84. The van der Waals surface area contributed by atoms with Crippen molar-refractivity contribution in [3.05, 3.63) is 16.1 Å². The van der Waals surface area contributed by atoms with Gasteiger partial charge in [-0.3, -0.25) is 0 Å². The number of hydrogen-bond donors (Lipinski definition) is 1. The van der Waals surface area contributed by atoms with Crippen molar-refractivity contribution in [2.75, 3.05) is 38.9 Å². The van der Waals surface area contributed by atoms with E-state index in [9.17, 15) is 8.42 Å². The standard InChI is InChI=1S/C12H22N2O4S2/c1-17-6-7-18-5-3-12-14-11(9-19-12)10(13)4-8-20(2,15)16/h9-10H,3-8,13H2,1-2H3. The first kappa shape index (κ1) is 17.5. The number of thiazole rings is 1. The van der Waals surface area contributed by atoms with Crippen molar-refractivity contribution >= 4 is 21.2 Å². The quantitative estimate of drug-likeness (QED) is 0.640. The average Bonchev–Trinajstić information content (AvgIpc) is 2.84. The molecule has 1 unspecified atom stereocenters. The van der Waals surface area contributed by atoms with Gasteiger partial charge in [0.2, 0.25) is 0 Å². The molecule has 0 fully saturated rings. The van der Waals surface area contributed by atoms with Crippen LogP contribution in [0, 0.1) is 0 Å². The third kappa shape index (κ3) is 7.30. The molecule has 1 heterocycles. The number of ether oxygens (including phenoxy) is 2. The highest BCUT2D eigenvalue weighted by Crippen LogP contribution is 2.18. The van der Waals surface area contributed by atoms with Crippen LogP contribution in [-0.2, 0) is 25.7 Å². The summed E-state index contributed by atoms with van der Waals surface area (Å²) in [5.41, 5.74) is 6.70. The van der Waals surface area contributed by atoms with Crippen LogP contribution >= 0.6 is 11.3 Å². The smallest absolute Gasteiger partial charge is 0.147 e. The fourth-order valence-corrected chi connectivity index (χ4v) is 3.03. The van der Waals surface area contributed by atoms with E-state index in [1.807, 2.05) is 5.38 Å². The molecule has 0 saturated carbocycles. The second-order valence-corrected chi connectivity index (χ2v) is 7.75. The van der Waals surface area contributed by atoms with E-state index < -0.39 is 9.84 Å². The van der Waals surface area contributed by atoms with Crippen molar-refractivity contribution in [2.24, 2.45) is 5.73 Å². The third-order valence-corrected chi connectivity index (χ3v) is 4.55. The Labute approximate surface area is 124 Å². The van der Waals surface area contributed by atoms with Gasteiger partial charge in [0.05, 0.1) is 36.3 Å². The summed E-state index contributed by atoms with van der Waals surface area (Å²) in [6, 6.07) is -0.330. The van der Waals surface area contributed by atoms with Gasteiger partial charge in [-0.1, -0.05) is 0 Å². The zero-order chi connectivity index (χ0) is 15.0. The van der Waals surface area contributed by atoms with E-state index in [-0.39, 0.29) is 11.8 Å². The largest absolute Gasteiger partial charge is 0.382 e. The number of aromatic nitrogens is 1. The van der Waals surface area contributed by atoms with E-state index in [2.05, 4.69) is 4.98 Å². The molecule has 116 valence electrons. The van der Waals surface area contributed by atoms with Crippen LogP contribution in [0.5, 0.6) is 0 Å². The summed E-state index contributed by atoms with van der Waals surface area (Å²) >= 11 is 1.52. The summed E-state index contributed by atoms with van der Waals surface area (Å²) < 4.78 is 32.5. The monoisotopic (exact) mass is 322 g/mol. The lowest BCUT2D eigenvalue weighted by atomic mass is 10.2.